The number of ether oxygens (including phenoxy) is 1. The van der Waals surface area contributed by atoms with Crippen molar-refractivity contribution in [1.82, 2.24) is 0 Å². The molecule has 0 aromatic heterocycles. The number of methoxy groups -OCH3 is 1. The van der Waals surface area contributed by atoms with E-state index in [9.17, 15) is 4.79 Å². The molecule has 96 valence electrons. The number of hydrogen-bond acceptors (Lipinski definition) is 3. The molecule has 2 nitrogen and oxygen atoms in total. The molecule has 0 aromatic carbocycles. The van der Waals surface area contributed by atoms with E-state index in [1.165, 1.54) is 18.9 Å². The van der Waals surface area contributed by atoms with Gasteiger partial charge in [0.15, 0.2) is 5.78 Å². The Kier molecular flexibility index (Phi) is 6.65. The predicted molar refractivity (Wildman–Crippen MR) is 76.2 cm³/mol. The molecule has 0 bridgehead atoms. The van der Waals surface area contributed by atoms with E-state index in [0.717, 1.165) is 4.91 Å². The summed E-state index contributed by atoms with van der Waals surface area (Å²) in [4.78, 5) is 12.1. The van der Waals surface area contributed by atoms with Gasteiger partial charge >= 0.3 is 0 Å². The maximum Gasteiger partial charge on any atom is 0.165 e. The Balaban J connectivity index is 4.92. The fourth-order valence-corrected chi connectivity index (χ4v) is 2.55. The lowest BCUT2D eigenvalue weighted by Crippen LogP contribution is -2.13. The van der Waals surface area contributed by atoms with Crippen LogP contribution in [0.5, 0.6) is 0 Å². The van der Waals surface area contributed by atoms with Gasteiger partial charge in [0.25, 0.3) is 0 Å². The molecular formula is C13H19ClO2S. The summed E-state index contributed by atoms with van der Waals surface area (Å²) in [5.41, 5.74) is 0. The van der Waals surface area contributed by atoms with Gasteiger partial charge in [0, 0.05) is 9.65 Å². The number of carbonyl (C=O) groups is 1. The summed E-state index contributed by atoms with van der Waals surface area (Å²) in [7, 11) is 1.52. The Bertz CT molecular complexity index is 368. The molecular weight excluding hydrogens is 256 g/mol. The molecule has 0 spiro atoms. The average molecular weight is 275 g/mol. The maximum absolute atomic E-state index is 11.3. The van der Waals surface area contributed by atoms with E-state index in [1.807, 2.05) is 32.9 Å². The van der Waals surface area contributed by atoms with Crippen LogP contribution < -0.4 is 0 Å². The molecule has 0 amide bonds. The molecule has 0 unspecified atom stereocenters. The largest absolute Gasteiger partial charge is 0.496 e. The van der Waals surface area contributed by atoms with Gasteiger partial charge in [-0.2, -0.15) is 0 Å². The SMILES string of the molecule is C=C(OC)/C(Cl)=C\C(C)(C)S/C(=C\C)C(C)=O. The van der Waals surface area contributed by atoms with E-state index in [2.05, 4.69) is 6.58 Å². The molecule has 0 radical (unpaired) electrons. The molecule has 0 aliphatic heterocycles. The molecule has 0 aliphatic rings. The van der Waals surface area contributed by atoms with Crippen LogP contribution in [0.2, 0.25) is 0 Å². The summed E-state index contributed by atoms with van der Waals surface area (Å²) < 4.78 is 4.65. The number of rotatable bonds is 6. The maximum atomic E-state index is 11.3. The van der Waals surface area contributed by atoms with Gasteiger partial charge in [-0.3, -0.25) is 4.79 Å². The molecule has 4 heteroatoms. The summed E-state index contributed by atoms with van der Waals surface area (Å²) in [5, 5.41) is 0.462. The molecule has 0 atom stereocenters. The van der Waals surface area contributed by atoms with E-state index in [-0.39, 0.29) is 10.5 Å². The van der Waals surface area contributed by atoms with Crippen LogP contribution in [-0.2, 0) is 9.53 Å². The lowest BCUT2D eigenvalue weighted by atomic mass is 10.2. The highest BCUT2D eigenvalue weighted by molar-refractivity contribution is 8.05. The second-order valence-electron chi connectivity index (χ2n) is 4.03. The van der Waals surface area contributed by atoms with E-state index in [4.69, 9.17) is 16.3 Å². The second kappa shape index (κ2) is 6.92. The molecule has 0 aliphatic carbocycles. The Labute approximate surface area is 113 Å². The van der Waals surface area contributed by atoms with Gasteiger partial charge in [-0.05, 0) is 33.8 Å². The van der Waals surface area contributed by atoms with Crippen molar-refractivity contribution in [3.63, 3.8) is 0 Å². The topological polar surface area (TPSA) is 26.3 Å². The van der Waals surface area contributed by atoms with Crippen LogP contribution in [0.1, 0.15) is 27.7 Å². The second-order valence-corrected chi connectivity index (χ2v) is 6.14. The highest BCUT2D eigenvalue weighted by Gasteiger charge is 2.21. The molecule has 0 fully saturated rings. The van der Waals surface area contributed by atoms with Crippen molar-refractivity contribution in [3.05, 3.63) is 34.4 Å². The highest BCUT2D eigenvalue weighted by atomic mass is 35.5. The molecule has 0 N–H and O–H groups in total. The van der Waals surface area contributed by atoms with Gasteiger partial charge in [-0.1, -0.05) is 24.3 Å². The molecule has 0 saturated heterocycles. The predicted octanol–water partition coefficient (Wildman–Crippen LogP) is 4.27. The summed E-state index contributed by atoms with van der Waals surface area (Å²) in [5.74, 6) is 0.478. The van der Waals surface area contributed by atoms with E-state index < -0.39 is 0 Å². The zero-order valence-corrected chi connectivity index (χ0v) is 12.5. The monoisotopic (exact) mass is 274 g/mol. The minimum Gasteiger partial charge on any atom is -0.496 e. The van der Waals surface area contributed by atoms with E-state index >= 15 is 0 Å². The Hall–Kier alpha value is -0.670. The number of allylic oxidation sites excluding steroid dienone is 3. The number of thioether (sulfide) groups is 1. The van der Waals surface area contributed by atoms with Gasteiger partial charge in [-0.25, -0.2) is 0 Å². The first kappa shape index (κ1) is 16.3. The zero-order valence-electron chi connectivity index (χ0n) is 11.0. The van der Waals surface area contributed by atoms with Crippen molar-refractivity contribution in [1.29, 1.82) is 0 Å². The molecule has 17 heavy (non-hydrogen) atoms. The number of halogens is 1. The number of Topliss-reactive ketones (excluding diaryl/α,β-unsaturated/α-hetero) is 1. The van der Waals surface area contributed by atoms with Crippen LogP contribution in [0.3, 0.4) is 0 Å². The van der Waals surface area contributed by atoms with Crippen molar-refractivity contribution in [2.24, 2.45) is 0 Å². The fourth-order valence-electron chi connectivity index (χ4n) is 1.13. The quantitative estimate of drug-likeness (QED) is 0.411. The van der Waals surface area contributed by atoms with Crippen molar-refractivity contribution in [2.75, 3.05) is 7.11 Å². The summed E-state index contributed by atoms with van der Waals surface area (Å²) in [6.45, 7) is 11.0. The van der Waals surface area contributed by atoms with Crippen LogP contribution in [-0.4, -0.2) is 17.6 Å². The van der Waals surface area contributed by atoms with Gasteiger partial charge < -0.3 is 4.74 Å². The van der Waals surface area contributed by atoms with Crippen LogP contribution in [0.15, 0.2) is 34.4 Å². The van der Waals surface area contributed by atoms with Gasteiger partial charge in [0.05, 0.1) is 12.1 Å². The molecule has 0 heterocycles. The minimum atomic E-state index is -0.300. The van der Waals surface area contributed by atoms with E-state index in [1.54, 1.807) is 6.92 Å². The van der Waals surface area contributed by atoms with Crippen LogP contribution in [0, 0.1) is 0 Å². The number of carbonyl (C=O) groups excluding carboxylic acids is 1. The normalized spacial score (nSPS) is 13.5. The standard InChI is InChI=1S/C13H19ClO2S/c1-7-12(9(2)15)17-13(4,5)8-11(14)10(3)16-6/h7-8H,3H2,1-2,4-6H3/b11-8+,12-7-. The van der Waals surface area contributed by atoms with Crippen LogP contribution in [0.25, 0.3) is 0 Å². The van der Waals surface area contributed by atoms with Gasteiger partial charge in [0.2, 0.25) is 0 Å². The van der Waals surface area contributed by atoms with Crippen LogP contribution in [0.4, 0.5) is 0 Å². The number of ketones is 1. The van der Waals surface area contributed by atoms with Gasteiger partial charge in [0.1, 0.15) is 5.76 Å². The Morgan fingerprint density at radius 1 is 1.47 bits per heavy atom. The Morgan fingerprint density at radius 3 is 2.35 bits per heavy atom. The summed E-state index contributed by atoms with van der Waals surface area (Å²) in [6.07, 6.45) is 3.64. The molecule has 0 rings (SSSR count). The first-order chi connectivity index (χ1) is 7.73. The molecule has 0 aromatic rings. The summed E-state index contributed by atoms with van der Waals surface area (Å²) >= 11 is 7.51. The van der Waals surface area contributed by atoms with Crippen molar-refractivity contribution >= 4 is 29.1 Å². The fraction of sp³-hybridized carbons (Fsp3) is 0.462. The van der Waals surface area contributed by atoms with Gasteiger partial charge in [-0.15, -0.1) is 11.8 Å². The van der Waals surface area contributed by atoms with Crippen molar-refractivity contribution < 1.29 is 9.53 Å². The third-order valence-electron chi connectivity index (χ3n) is 1.97. The summed E-state index contributed by atoms with van der Waals surface area (Å²) in [6, 6.07) is 0. The van der Waals surface area contributed by atoms with Crippen LogP contribution >= 0.6 is 23.4 Å². The van der Waals surface area contributed by atoms with E-state index in [0.29, 0.717) is 10.8 Å². The first-order valence-electron chi connectivity index (χ1n) is 5.21. The number of hydrogen-bond donors (Lipinski definition) is 0. The van der Waals surface area contributed by atoms with Crippen molar-refractivity contribution in [3.8, 4) is 0 Å². The lowest BCUT2D eigenvalue weighted by Gasteiger charge is -2.21. The smallest absolute Gasteiger partial charge is 0.165 e. The molecule has 0 saturated carbocycles. The average Bonchev–Trinajstić information content (AvgIpc) is 2.23. The zero-order chi connectivity index (χ0) is 13.6. The third-order valence-corrected chi connectivity index (χ3v) is 3.68. The highest BCUT2D eigenvalue weighted by Crippen LogP contribution is 2.35. The lowest BCUT2D eigenvalue weighted by molar-refractivity contribution is -0.112. The van der Waals surface area contributed by atoms with Crippen molar-refractivity contribution in [2.45, 2.75) is 32.4 Å². The first-order valence-corrected chi connectivity index (χ1v) is 6.41. The third kappa shape index (κ3) is 5.99. The minimum absolute atomic E-state index is 0.0562. The Morgan fingerprint density at radius 2 is 2.00 bits per heavy atom.